The first-order chi connectivity index (χ1) is 13.5. The normalized spacial score (nSPS) is 15.1. The van der Waals surface area contributed by atoms with E-state index >= 15 is 0 Å². The Morgan fingerprint density at radius 1 is 1.14 bits per heavy atom. The van der Waals surface area contributed by atoms with Gasteiger partial charge in [-0.25, -0.2) is 9.18 Å². The van der Waals surface area contributed by atoms with Crippen molar-refractivity contribution in [2.45, 2.75) is 6.10 Å². The van der Waals surface area contributed by atoms with Crippen molar-refractivity contribution in [3.8, 4) is 5.75 Å². The Bertz CT molecular complexity index is 905. The van der Waals surface area contributed by atoms with E-state index in [2.05, 4.69) is 16.0 Å². The van der Waals surface area contributed by atoms with Gasteiger partial charge in [-0.1, -0.05) is 24.3 Å². The van der Waals surface area contributed by atoms with Crippen LogP contribution in [0.4, 0.5) is 20.6 Å². The molecule has 0 spiro atoms. The van der Waals surface area contributed by atoms with Crippen molar-refractivity contribution in [3.05, 3.63) is 54.3 Å². The molecule has 1 aliphatic heterocycles. The number of anilines is 2. The fraction of sp³-hybridized carbons (Fsp3) is 0.211. The molecule has 3 N–H and O–H groups in total. The lowest BCUT2D eigenvalue weighted by atomic mass is 10.1. The molecule has 0 radical (unpaired) electrons. The predicted octanol–water partition coefficient (Wildman–Crippen LogP) is 1.49. The summed E-state index contributed by atoms with van der Waals surface area (Å²) < 4.78 is 19.3. The second kappa shape index (κ2) is 8.38. The quantitative estimate of drug-likeness (QED) is 0.739. The van der Waals surface area contributed by atoms with Crippen molar-refractivity contribution in [2.24, 2.45) is 0 Å². The Hall–Kier alpha value is -3.62. The van der Waals surface area contributed by atoms with E-state index < -0.39 is 23.9 Å². The van der Waals surface area contributed by atoms with Crippen LogP contribution in [-0.4, -0.2) is 44.1 Å². The molecule has 28 heavy (non-hydrogen) atoms. The van der Waals surface area contributed by atoms with Crippen molar-refractivity contribution < 1.29 is 23.5 Å². The van der Waals surface area contributed by atoms with Gasteiger partial charge in [-0.2, -0.15) is 0 Å². The van der Waals surface area contributed by atoms with Crippen LogP contribution in [0.3, 0.4) is 0 Å². The minimum absolute atomic E-state index is 0.0378. The zero-order valence-electron chi connectivity index (χ0n) is 15.1. The molecule has 0 saturated heterocycles. The van der Waals surface area contributed by atoms with Gasteiger partial charge in [-0.15, -0.1) is 0 Å². The number of halogens is 1. The van der Waals surface area contributed by atoms with Crippen LogP contribution in [0.1, 0.15) is 0 Å². The molecule has 146 valence electrons. The van der Waals surface area contributed by atoms with Gasteiger partial charge >= 0.3 is 6.03 Å². The molecule has 2 aromatic rings. The number of hydrogen-bond donors (Lipinski definition) is 3. The average molecular weight is 386 g/mol. The minimum Gasteiger partial charge on any atom is -0.477 e. The number of carbonyl (C=O) groups excluding carboxylic acids is 3. The van der Waals surface area contributed by atoms with E-state index in [-0.39, 0.29) is 24.7 Å². The highest BCUT2D eigenvalue weighted by Gasteiger charge is 2.31. The lowest BCUT2D eigenvalue weighted by Gasteiger charge is -2.34. The van der Waals surface area contributed by atoms with Crippen LogP contribution in [-0.2, 0) is 9.59 Å². The number of nitrogens with one attached hydrogen (secondary N) is 3. The number of carbonyl (C=O) groups is 3. The van der Waals surface area contributed by atoms with Crippen LogP contribution in [0.5, 0.6) is 5.75 Å². The van der Waals surface area contributed by atoms with Gasteiger partial charge < -0.3 is 20.3 Å². The van der Waals surface area contributed by atoms with Crippen molar-refractivity contribution in [3.63, 3.8) is 0 Å². The minimum atomic E-state index is -0.848. The summed E-state index contributed by atoms with van der Waals surface area (Å²) in [6.45, 7) is -0.0440. The molecule has 1 aliphatic rings. The second-order valence-electron chi connectivity index (χ2n) is 6.05. The lowest BCUT2D eigenvalue weighted by Crippen LogP contribution is -2.51. The van der Waals surface area contributed by atoms with Crippen molar-refractivity contribution in [2.75, 3.05) is 30.4 Å². The van der Waals surface area contributed by atoms with Gasteiger partial charge in [0.2, 0.25) is 5.91 Å². The number of rotatable bonds is 4. The highest BCUT2D eigenvalue weighted by molar-refractivity contribution is 6.02. The number of ether oxygens (including phenoxy) is 1. The summed E-state index contributed by atoms with van der Waals surface area (Å²) in [6.07, 6.45) is -0.792. The summed E-state index contributed by atoms with van der Waals surface area (Å²) in [5.74, 6) is -1.08. The van der Waals surface area contributed by atoms with Crippen LogP contribution < -0.4 is 25.6 Å². The third-order valence-corrected chi connectivity index (χ3v) is 4.11. The van der Waals surface area contributed by atoms with E-state index in [9.17, 15) is 18.8 Å². The Morgan fingerprint density at radius 2 is 1.86 bits per heavy atom. The first-order valence-corrected chi connectivity index (χ1v) is 8.55. The largest absolute Gasteiger partial charge is 0.477 e. The van der Waals surface area contributed by atoms with Gasteiger partial charge in [0.15, 0.2) is 6.10 Å². The first-order valence-electron chi connectivity index (χ1n) is 8.55. The smallest absolute Gasteiger partial charge is 0.326 e. The van der Waals surface area contributed by atoms with E-state index in [1.165, 1.54) is 25.2 Å². The monoisotopic (exact) mass is 386 g/mol. The molecule has 8 nitrogen and oxygen atoms in total. The topological polar surface area (TPSA) is 99.8 Å². The number of imide groups is 1. The summed E-state index contributed by atoms with van der Waals surface area (Å²) in [7, 11) is 1.50. The molecule has 0 saturated carbocycles. The van der Waals surface area contributed by atoms with E-state index in [4.69, 9.17) is 4.74 Å². The average Bonchev–Trinajstić information content (AvgIpc) is 2.68. The highest BCUT2D eigenvalue weighted by Crippen LogP contribution is 2.32. The summed E-state index contributed by atoms with van der Waals surface area (Å²) in [5, 5.41) is 6.95. The molecule has 0 unspecified atom stereocenters. The Labute approximate surface area is 160 Å². The van der Waals surface area contributed by atoms with Gasteiger partial charge in [0, 0.05) is 7.05 Å². The summed E-state index contributed by atoms with van der Waals surface area (Å²) >= 11 is 0. The maximum Gasteiger partial charge on any atom is 0.326 e. The fourth-order valence-electron chi connectivity index (χ4n) is 2.81. The van der Waals surface area contributed by atoms with Crippen LogP contribution in [0.25, 0.3) is 0 Å². The molecule has 9 heteroatoms. The number of hydrogen-bond acceptors (Lipinski definition) is 5. The molecule has 2 aromatic carbocycles. The highest BCUT2D eigenvalue weighted by atomic mass is 19.1. The molecule has 0 aliphatic carbocycles. The number of fused-ring (bicyclic) bond motifs is 1. The van der Waals surface area contributed by atoms with E-state index in [0.717, 1.165) is 0 Å². The third-order valence-electron chi connectivity index (χ3n) is 4.11. The van der Waals surface area contributed by atoms with Crippen LogP contribution >= 0.6 is 0 Å². The van der Waals surface area contributed by atoms with Crippen molar-refractivity contribution in [1.29, 1.82) is 0 Å². The number of nitrogens with zero attached hydrogens (tertiary/aromatic N) is 1. The number of benzene rings is 2. The SMILES string of the molecule is CNC(=O)[C@@H]1CN(CC(=O)NC(=O)Nc2ccccc2F)c2ccccc2O1. The van der Waals surface area contributed by atoms with Gasteiger partial charge in [0.05, 0.1) is 24.5 Å². The Balaban J connectivity index is 1.66. The number of likely N-dealkylation sites (N-methyl/N-ethyl adjacent to an activating group) is 1. The number of para-hydroxylation sites is 3. The van der Waals surface area contributed by atoms with Crippen molar-refractivity contribution in [1.82, 2.24) is 10.6 Å². The summed E-state index contributed by atoms with van der Waals surface area (Å²) in [6, 6.07) is 11.8. The third kappa shape index (κ3) is 4.37. The van der Waals surface area contributed by atoms with Gasteiger partial charge in [-0.3, -0.25) is 14.9 Å². The Kier molecular flexibility index (Phi) is 5.73. The predicted molar refractivity (Wildman–Crippen MR) is 101 cm³/mol. The second-order valence-corrected chi connectivity index (χ2v) is 6.05. The molecule has 0 fully saturated rings. The molecule has 1 atom stereocenters. The molecule has 3 rings (SSSR count). The van der Waals surface area contributed by atoms with Crippen LogP contribution in [0, 0.1) is 5.82 Å². The maximum absolute atomic E-state index is 13.6. The van der Waals surface area contributed by atoms with E-state index in [1.807, 2.05) is 0 Å². The molecular weight excluding hydrogens is 367 g/mol. The number of amides is 4. The Morgan fingerprint density at radius 3 is 2.61 bits per heavy atom. The summed E-state index contributed by atoms with van der Waals surface area (Å²) in [4.78, 5) is 37.9. The van der Waals surface area contributed by atoms with Gasteiger partial charge in [0.1, 0.15) is 11.6 Å². The molecule has 0 bridgehead atoms. The standard InChI is InChI=1S/C19H19FN4O4/c1-21-18(26)16-10-24(14-8-4-5-9-15(14)28-16)11-17(25)23-19(27)22-13-7-3-2-6-12(13)20/h2-9,16H,10-11H2,1H3,(H,21,26)(H2,22,23,25,27)/t16-/m0/s1. The fourth-order valence-corrected chi connectivity index (χ4v) is 2.81. The number of urea groups is 1. The summed E-state index contributed by atoms with van der Waals surface area (Å²) in [5.41, 5.74) is 0.594. The zero-order valence-corrected chi connectivity index (χ0v) is 15.1. The molecule has 1 heterocycles. The van der Waals surface area contributed by atoms with E-state index in [1.54, 1.807) is 35.2 Å². The van der Waals surface area contributed by atoms with E-state index in [0.29, 0.717) is 11.4 Å². The first kappa shape index (κ1) is 19.2. The maximum atomic E-state index is 13.6. The molecular formula is C19H19FN4O4. The molecule has 4 amide bonds. The van der Waals surface area contributed by atoms with Gasteiger partial charge in [-0.05, 0) is 24.3 Å². The lowest BCUT2D eigenvalue weighted by molar-refractivity contribution is -0.127. The zero-order chi connectivity index (χ0) is 20.1. The van der Waals surface area contributed by atoms with Crippen molar-refractivity contribution >= 4 is 29.2 Å². The van der Waals surface area contributed by atoms with Crippen LogP contribution in [0.2, 0.25) is 0 Å². The molecule has 0 aromatic heterocycles. The van der Waals surface area contributed by atoms with Crippen LogP contribution in [0.15, 0.2) is 48.5 Å². The van der Waals surface area contributed by atoms with Gasteiger partial charge in [0.25, 0.3) is 5.91 Å².